The second-order valence-electron chi connectivity index (χ2n) is 10.2. The highest BCUT2D eigenvalue weighted by molar-refractivity contribution is 7.19. The van der Waals surface area contributed by atoms with E-state index in [9.17, 15) is 0 Å². The van der Waals surface area contributed by atoms with E-state index < -0.39 is 0 Å². The SMILES string of the molecule is Cc1ccc(-c2c(C)sc3nc(Cl)nc(N4CC5(C)CC4CC(C)(C)C5)c23)cc1. The van der Waals surface area contributed by atoms with Crippen molar-refractivity contribution in [3.8, 4) is 11.1 Å². The Hall–Kier alpha value is -1.65. The molecule has 2 unspecified atom stereocenters. The van der Waals surface area contributed by atoms with Crippen LogP contribution in [0.15, 0.2) is 24.3 Å². The number of aromatic nitrogens is 2. The zero-order valence-corrected chi connectivity index (χ0v) is 19.4. The summed E-state index contributed by atoms with van der Waals surface area (Å²) in [5.41, 5.74) is 4.48. The molecule has 2 atom stereocenters. The highest BCUT2D eigenvalue weighted by Gasteiger charge is 2.50. The number of aryl methyl sites for hydroxylation is 2. The Labute approximate surface area is 182 Å². The number of thiophene rings is 1. The summed E-state index contributed by atoms with van der Waals surface area (Å²) in [4.78, 5) is 14.3. The van der Waals surface area contributed by atoms with Gasteiger partial charge in [0.25, 0.3) is 0 Å². The maximum Gasteiger partial charge on any atom is 0.225 e. The number of nitrogens with zero attached hydrogens (tertiary/aromatic N) is 3. The molecule has 1 aromatic carbocycles. The smallest absolute Gasteiger partial charge is 0.225 e. The zero-order chi connectivity index (χ0) is 20.6. The van der Waals surface area contributed by atoms with Gasteiger partial charge in [0, 0.05) is 23.0 Å². The summed E-state index contributed by atoms with van der Waals surface area (Å²) in [6.45, 7) is 12.6. The third kappa shape index (κ3) is 3.25. The molecule has 0 radical (unpaired) electrons. The minimum Gasteiger partial charge on any atom is -0.352 e. The molecule has 3 aromatic rings. The molecule has 1 saturated heterocycles. The predicted octanol–water partition coefficient (Wildman–Crippen LogP) is 7.03. The summed E-state index contributed by atoms with van der Waals surface area (Å²) in [5, 5.41) is 1.53. The molecule has 0 amide bonds. The van der Waals surface area contributed by atoms with Gasteiger partial charge in [0.1, 0.15) is 10.6 Å². The van der Waals surface area contributed by atoms with Crippen LogP contribution in [-0.4, -0.2) is 22.6 Å². The molecule has 5 heteroatoms. The van der Waals surface area contributed by atoms with Crippen molar-refractivity contribution in [3.05, 3.63) is 40.0 Å². The van der Waals surface area contributed by atoms with Gasteiger partial charge in [-0.05, 0) is 61.1 Å². The molecule has 0 N–H and O–H groups in total. The molecule has 3 heterocycles. The van der Waals surface area contributed by atoms with Crippen molar-refractivity contribution in [1.29, 1.82) is 0 Å². The minimum absolute atomic E-state index is 0.339. The first-order valence-electron chi connectivity index (χ1n) is 10.4. The molecule has 2 aliphatic rings. The van der Waals surface area contributed by atoms with Crippen molar-refractivity contribution in [2.24, 2.45) is 10.8 Å². The number of halogens is 1. The molecule has 1 saturated carbocycles. The topological polar surface area (TPSA) is 29.0 Å². The summed E-state index contributed by atoms with van der Waals surface area (Å²) in [6, 6.07) is 9.32. The molecule has 29 heavy (non-hydrogen) atoms. The molecule has 0 spiro atoms. The van der Waals surface area contributed by atoms with Gasteiger partial charge in [0.2, 0.25) is 5.28 Å². The van der Waals surface area contributed by atoms with Gasteiger partial charge < -0.3 is 4.90 Å². The molecule has 152 valence electrons. The van der Waals surface area contributed by atoms with Crippen LogP contribution >= 0.6 is 22.9 Å². The Kier molecular flexibility index (Phi) is 4.28. The van der Waals surface area contributed by atoms with Crippen molar-refractivity contribution in [2.45, 2.75) is 59.9 Å². The van der Waals surface area contributed by atoms with Gasteiger partial charge >= 0.3 is 0 Å². The molecule has 2 bridgehead atoms. The Morgan fingerprint density at radius 3 is 2.52 bits per heavy atom. The summed E-state index contributed by atoms with van der Waals surface area (Å²) >= 11 is 8.15. The third-order valence-corrected chi connectivity index (χ3v) is 7.88. The Morgan fingerprint density at radius 1 is 1.07 bits per heavy atom. The van der Waals surface area contributed by atoms with Crippen LogP contribution < -0.4 is 4.90 Å². The number of rotatable bonds is 2. The predicted molar refractivity (Wildman–Crippen MR) is 124 cm³/mol. The van der Waals surface area contributed by atoms with E-state index in [1.54, 1.807) is 11.3 Å². The highest BCUT2D eigenvalue weighted by atomic mass is 35.5. The van der Waals surface area contributed by atoms with E-state index >= 15 is 0 Å². The molecule has 1 aliphatic carbocycles. The maximum absolute atomic E-state index is 6.42. The van der Waals surface area contributed by atoms with Crippen LogP contribution in [0.1, 0.15) is 50.5 Å². The van der Waals surface area contributed by atoms with Crippen molar-refractivity contribution < 1.29 is 0 Å². The Balaban J connectivity index is 1.71. The molecular formula is C24H28ClN3S. The van der Waals surface area contributed by atoms with E-state index in [2.05, 4.69) is 68.8 Å². The minimum atomic E-state index is 0.339. The third-order valence-electron chi connectivity index (χ3n) is 6.71. The van der Waals surface area contributed by atoms with Gasteiger partial charge in [0.05, 0.1) is 5.39 Å². The van der Waals surface area contributed by atoms with Crippen molar-refractivity contribution in [2.75, 3.05) is 11.4 Å². The lowest BCUT2D eigenvalue weighted by Crippen LogP contribution is -2.35. The first-order valence-corrected chi connectivity index (χ1v) is 11.6. The van der Waals surface area contributed by atoms with E-state index in [0.717, 1.165) is 17.2 Å². The highest BCUT2D eigenvalue weighted by Crippen LogP contribution is 2.54. The lowest BCUT2D eigenvalue weighted by atomic mass is 9.65. The van der Waals surface area contributed by atoms with Gasteiger partial charge in [-0.1, -0.05) is 50.6 Å². The summed E-state index contributed by atoms with van der Waals surface area (Å²) in [5.74, 6) is 1.03. The second-order valence-corrected chi connectivity index (χ2v) is 11.8. The first kappa shape index (κ1) is 19.3. The molecule has 2 fully saturated rings. The molecule has 3 nitrogen and oxygen atoms in total. The van der Waals surface area contributed by atoms with Crippen LogP contribution in [0.4, 0.5) is 5.82 Å². The normalized spacial score (nSPS) is 25.7. The number of hydrogen-bond acceptors (Lipinski definition) is 4. The average Bonchev–Trinajstić information content (AvgIpc) is 3.06. The van der Waals surface area contributed by atoms with Gasteiger partial charge in [-0.2, -0.15) is 4.98 Å². The fourth-order valence-corrected chi connectivity index (χ4v) is 7.31. The van der Waals surface area contributed by atoms with Crippen LogP contribution in [0.25, 0.3) is 21.3 Å². The average molecular weight is 426 g/mol. The van der Waals surface area contributed by atoms with Crippen molar-refractivity contribution in [3.63, 3.8) is 0 Å². The van der Waals surface area contributed by atoms with Gasteiger partial charge in [-0.25, -0.2) is 4.98 Å². The number of benzene rings is 1. The number of anilines is 1. The maximum atomic E-state index is 6.42. The van der Waals surface area contributed by atoms with Crippen LogP contribution in [0.2, 0.25) is 5.28 Å². The Morgan fingerprint density at radius 2 is 1.79 bits per heavy atom. The van der Waals surface area contributed by atoms with Gasteiger partial charge in [0.15, 0.2) is 0 Å². The fourth-order valence-electron chi connectivity index (χ4n) is 6.05. The quantitative estimate of drug-likeness (QED) is 0.412. The summed E-state index contributed by atoms with van der Waals surface area (Å²) in [6.07, 6.45) is 3.71. The van der Waals surface area contributed by atoms with Crippen LogP contribution in [0, 0.1) is 24.7 Å². The van der Waals surface area contributed by atoms with Crippen LogP contribution in [-0.2, 0) is 0 Å². The lowest BCUT2D eigenvalue weighted by molar-refractivity contribution is 0.136. The van der Waals surface area contributed by atoms with Gasteiger partial charge in [-0.15, -0.1) is 11.3 Å². The largest absolute Gasteiger partial charge is 0.352 e. The summed E-state index contributed by atoms with van der Waals surface area (Å²) < 4.78 is 0. The first-order chi connectivity index (χ1) is 13.6. The molecule has 1 aliphatic heterocycles. The number of fused-ring (bicyclic) bond motifs is 3. The van der Waals surface area contributed by atoms with Gasteiger partial charge in [-0.3, -0.25) is 0 Å². The van der Waals surface area contributed by atoms with E-state index in [-0.39, 0.29) is 0 Å². The van der Waals surface area contributed by atoms with Crippen molar-refractivity contribution in [1.82, 2.24) is 9.97 Å². The van der Waals surface area contributed by atoms with E-state index in [1.807, 2.05) is 0 Å². The fraction of sp³-hybridized carbons (Fsp3) is 0.500. The van der Waals surface area contributed by atoms with E-state index in [0.29, 0.717) is 22.2 Å². The van der Waals surface area contributed by atoms with E-state index in [1.165, 1.54) is 46.2 Å². The second kappa shape index (κ2) is 6.42. The zero-order valence-electron chi connectivity index (χ0n) is 17.8. The Bertz CT molecular complexity index is 1100. The van der Waals surface area contributed by atoms with E-state index in [4.69, 9.17) is 16.6 Å². The van der Waals surface area contributed by atoms with Crippen LogP contribution in [0.3, 0.4) is 0 Å². The monoisotopic (exact) mass is 425 g/mol. The summed E-state index contributed by atoms with van der Waals surface area (Å²) in [7, 11) is 0. The molecule has 2 aromatic heterocycles. The number of hydrogen-bond donors (Lipinski definition) is 0. The molecule has 5 rings (SSSR count). The standard InChI is InChI=1S/C24H28ClN3S/c1-14-6-8-16(9-7-14)18-15(2)29-21-19(18)20(26-22(25)27-21)28-13-24(5)11-17(28)10-23(3,4)12-24/h6-9,17H,10-13H2,1-5H3. The van der Waals surface area contributed by atoms with Crippen LogP contribution in [0.5, 0.6) is 0 Å². The molecular weight excluding hydrogens is 398 g/mol. The van der Waals surface area contributed by atoms with Crippen molar-refractivity contribution >= 4 is 39.0 Å². The lowest BCUT2D eigenvalue weighted by Gasteiger charge is -2.39.